The van der Waals surface area contributed by atoms with E-state index in [2.05, 4.69) is 43.5 Å². The first-order valence-electron chi connectivity index (χ1n) is 28.0. The summed E-state index contributed by atoms with van der Waals surface area (Å²) < 4.78 is 0. The van der Waals surface area contributed by atoms with Crippen LogP contribution in [0, 0.1) is 0 Å². The van der Waals surface area contributed by atoms with Crippen LogP contribution < -0.4 is 5.32 Å². The standard InChI is InChI=1S/C57H111NO3/c1-3-5-7-9-11-13-15-17-18-19-20-21-22-23-24-25-26-27-28-29-30-31-32-33-34-35-36-37-38-39-40-41-43-45-47-49-51-53-57(61)58-55(54-59)56(60)52-50-48-46-44-42-16-14-12-10-8-6-4-2/h15,17,19-20,55-56,59-60H,3-14,16,18,21-54H2,1-2H3,(H,58,61)/b17-15-,20-19-. The van der Waals surface area contributed by atoms with Gasteiger partial charge in [-0.1, -0.05) is 289 Å². The Labute approximate surface area is 383 Å². The van der Waals surface area contributed by atoms with Gasteiger partial charge in [-0.3, -0.25) is 4.79 Å². The molecule has 362 valence electrons. The van der Waals surface area contributed by atoms with Crippen molar-refractivity contribution in [2.75, 3.05) is 6.61 Å². The average Bonchev–Trinajstić information content (AvgIpc) is 3.26. The number of carbonyl (C=O) groups excluding carboxylic acids is 1. The van der Waals surface area contributed by atoms with E-state index in [-0.39, 0.29) is 12.5 Å². The average molecular weight is 859 g/mol. The lowest BCUT2D eigenvalue weighted by molar-refractivity contribution is -0.123. The number of aliphatic hydroxyl groups is 2. The van der Waals surface area contributed by atoms with Crippen LogP contribution in [0.15, 0.2) is 24.3 Å². The molecule has 0 aliphatic carbocycles. The number of allylic oxidation sites excluding steroid dienone is 4. The summed E-state index contributed by atoms with van der Waals surface area (Å²) >= 11 is 0. The van der Waals surface area contributed by atoms with E-state index in [1.54, 1.807) is 0 Å². The molecule has 0 saturated heterocycles. The number of unbranched alkanes of at least 4 members (excludes halogenated alkanes) is 41. The molecule has 1 amide bonds. The van der Waals surface area contributed by atoms with E-state index in [0.717, 1.165) is 32.1 Å². The molecule has 0 bridgehead atoms. The summed E-state index contributed by atoms with van der Waals surface area (Å²) in [5, 5.41) is 23.2. The molecular formula is C57H111NO3. The molecule has 0 spiro atoms. The Morgan fingerprint density at radius 1 is 0.393 bits per heavy atom. The molecule has 0 aromatic heterocycles. The number of aliphatic hydroxyl groups excluding tert-OH is 2. The Kier molecular flexibility index (Phi) is 52.2. The molecule has 0 aliphatic heterocycles. The lowest BCUT2D eigenvalue weighted by Crippen LogP contribution is -2.45. The molecule has 0 aromatic rings. The quantitative estimate of drug-likeness (QED) is 0.0422. The molecule has 4 nitrogen and oxygen atoms in total. The zero-order valence-corrected chi connectivity index (χ0v) is 41.7. The van der Waals surface area contributed by atoms with Crippen molar-refractivity contribution in [3.63, 3.8) is 0 Å². The van der Waals surface area contributed by atoms with Gasteiger partial charge < -0.3 is 15.5 Å². The first-order chi connectivity index (χ1) is 30.2. The summed E-state index contributed by atoms with van der Waals surface area (Å²) in [6.07, 6.45) is 70.4. The van der Waals surface area contributed by atoms with Gasteiger partial charge in [0, 0.05) is 6.42 Å². The molecule has 2 unspecified atom stereocenters. The van der Waals surface area contributed by atoms with Gasteiger partial charge in [0.25, 0.3) is 0 Å². The van der Waals surface area contributed by atoms with Gasteiger partial charge in [-0.15, -0.1) is 0 Å². The van der Waals surface area contributed by atoms with Gasteiger partial charge in [0.1, 0.15) is 0 Å². The normalized spacial score (nSPS) is 12.9. The van der Waals surface area contributed by atoms with Gasteiger partial charge in [0.15, 0.2) is 0 Å². The number of amides is 1. The van der Waals surface area contributed by atoms with E-state index in [1.807, 2.05) is 0 Å². The fourth-order valence-corrected chi connectivity index (χ4v) is 8.92. The first kappa shape index (κ1) is 59.9. The van der Waals surface area contributed by atoms with Crippen LogP contribution in [0.4, 0.5) is 0 Å². The van der Waals surface area contributed by atoms with Crippen LogP contribution in [0.1, 0.15) is 316 Å². The van der Waals surface area contributed by atoms with Crippen molar-refractivity contribution in [3.8, 4) is 0 Å². The predicted octanol–water partition coefficient (Wildman–Crippen LogP) is 18.3. The summed E-state index contributed by atoms with van der Waals surface area (Å²) in [5.41, 5.74) is 0. The molecule has 0 heterocycles. The molecule has 0 radical (unpaired) electrons. The second-order valence-electron chi connectivity index (χ2n) is 19.4. The van der Waals surface area contributed by atoms with E-state index in [9.17, 15) is 15.0 Å². The number of rotatable bonds is 52. The third-order valence-electron chi connectivity index (χ3n) is 13.2. The molecule has 3 N–H and O–H groups in total. The fourth-order valence-electron chi connectivity index (χ4n) is 8.92. The first-order valence-corrected chi connectivity index (χ1v) is 28.0. The summed E-state index contributed by atoms with van der Waals surface area (Å²) in [6.45, 7) is 4.36. The molecule has 0 aliphatic rings. The predicted molar refractivity (Wildman–Crippen MR) is 272 cm³/mol. The van der Waals surface area contributed by atoms with Crippen molar-refractivity contribution in [1.29, 1.82) is 0 Å². The third kappa shape index (κ3) is 49.7. The molecule has 0 rings (SSSR count). The zero-order valence-electron chi connectivity index (χ0n) is 41.7. The van der Waals surface area contributed by atoms with E-state index >= 15 is 0 Å². The van der Waals surface area contributed by atoms with E-state index in [0.29, 0.717) is 12.8 Å². The van der Waals surface area contributed by atoms with E-state index in [4.69, 9.17) is 0 Å². The van der Waals surface area contributed by atoms with Crippen LogP contribution in [0.3, 0.4) is 0 Å². The van der Waals surface area contributed by atoms with Crippen molar-refractivity contribution < 1.29 is 15.0 Å². The summed E-state index contributed by atoms with van der Waals surface area (Å²) in [5.74, 6) is -0.0261. The topological polar surface area (TPSA) is 69.6 Å². The highest BCUT2D eigenvalue weighted by atomic mass is 16.3. The minimum absolute atomic E-state index is 0.0261. The Hall–Kier alpha value is -1.13. The SMILES string of the molecule is CCCCCCC/C=C\C/C=C\CCCCCCCCCCCCCCCCCCCCCCCCCCCC(=O)NC(CO)C(O)CCCCCCCCCCCCCC. The van der Waals surface area contributed by atoms with Crippen LogP contribution in [0.5, 0.6) is 0 Å². The highest BCUT2D eigenvalue weighted by Gasteiger charge is 2.20. The van der Waals surface area contributed by atoms with E-state index < -0.39 is 12.1 Å². The van der Waals surface area contributed by atoms with Gasteiger partial charge in [0.2, 0.25) is 5.91 Å². The smallest absolute Gasteiger partial charge is 0.220 e. The monoisotopic (exact) mass is 858 g/mol. The number of hydrogen-bond donors (Lipinski definition) is 3. The molecule has 2 atom stereocenters. The lowest BCUT2D eigenvalue weighted by Gasteiger charge is -2.22. The van der Waals surface area contributed by atoms with Crippen molar-refractivity contribution in [2.45, 2.75) is 328 Å². The van der Waals surface area contributed by atoms with Gasteiger partial charge in [-0.25, -0.2) is 0 Å². The molecule has 61 heavy (non-hydrogen) atoms. The van der Waals surface area contributed by atoms with Crippen molar-refractivity contribution in [3.05, 3.63) is 24.3 Å². The Morgan fingerprint density at radius 3 is 0.984 bits per heavy atom. The van der Waals surface area contributed by atoms with E-state index in [1.165, 1.54) is 257 Å². The summed E-state index contributed by atoms with van der Waals surface area (Å²) in [6, 6.07) is -0.531. The highest BCUT2D eigenvalue weighted by molar-refractivity contribution is 5.76. The maximum atomic E-state index is 12.4. The minimum atomic E-state index is -0.655. The zero-order chi connectivity index (χ0) is 44.2. The second kappa shape index (κ2) is 53.2. The maximum Gasteiger partial charge on any atom is 0.220 e. The molecular weight excluding hydrogens is 747 g/mol. The van der Waals surface area contributed by atoms with Crippen LogP contribution >= 0.6 is 0 Å². The van der Waals surface area contributed by atoms with Crippen LogP contribution in [0.25, 0.3) is 0 Å². The van der Waals surface area contributed by atoms with Crippen LogP contribution in [-0.4, -0.2) is 34.9 Å². The summed E-state index contributed by atoms with van der Waals surface area (Å²) in [7, 11) is 0. The van der Waals surface area contributed by atoms with Gasteiger partial charge in [0.05, 0.1) is 18.8 Å². The molecule has 0 aromatic carbocycles. The second-order valence-corrected chi connectivity index (χ2v) is 19.4. The largest absolute Gasteiger partial charge is 0.394 e. The Bertz CT molecular complexity index is 886. The lowest BCUT2D eigenvalue weighted by atomic mass is 10.0. The van der Waals surface area contributed by atoms with Crippen LogP contribution in [-0.2, 0) is 4.79 Å². The van der Waals surface area contributed by atoms with Crippen molar-refractivity contribution >= 4 is 5.91 Å². The van der Waals surface area contributed by atoms with Crippen molar-refractivity contribution in [1.82, 2.24) is 5.32 Å². The van der Waals surface area contributed by atoms with Gasteiger partial charge >= 0.3 is 0 Å². The minimum Gasteiger partial charge on any atom is -0.394 e. The summed E-state index contributed by atoms with van der Waals surface area (Å²) in [4.78, 5) is 12.4. The Morgan fingerprint density at radius 2 is 0.672 bits per heavy atom. The number of carbonyl (C=O) groups is 1. The highest BCUT2D eigenvalue weighted by Crippen LogP contribution is 2.18. The molecule has 0 saturated carbocycles. The molecule has 0 fully saturated rings. The van der Waals surface area contributed by atoms with Gasteiger partial charge in [-0.05, 0) is 44.9 Å². The Balaban J connectivity index is 3.35. The third-order valence-corrected chi connectivity index (χ3v) is 13.2. The fraction of sp³-hybridized carbons (Fsp3) is 0.912. The van der Waals surface area contributed by atoms with Gasteiger partial charge in [-0.2, -0.15) is 0 Å². The van der Waals surface area contributed by atoms with Crippen molar-refractivity contribution in [2.24, 2.45) is 0 Å². The van der Waals surface area contributed by atoms with Crippen LogP contribution in [0.2, 0.25) is 0 Å². The number of nitrogens with one attached hydrogen (secondary N) is 1. The molecule has 4 heteroatoms. The maximum absolute atomic E-state index is 12.4. The number of hydrogen-bond acceptors (Lipinski definition) is 3.